The molecule has 1 aromatic rings. The number of hydrogen-bond donors (Lipinski definition) is 2. The number of benzene rings is 1. The highest BCUT2D eigenvalue weighted by molar-refractivity contribution is 7.90. The van der Waals surface area contributed by atoms with Crippen molar-refractivity contribution in [2.75, 3.05) is 18.2 Å². The first kappa shape index (κ1) is 11.9. The van der Waals surface area contributed by atoms with E-state index in [9.17, 15) is 13.2 Å². The molecule has 0 spiro atoms. The van der Waals surface area contributed by atoms with E-state index < -0.39 is 21.8 Å². The van der Waals surface area contributed by atoms with Crippen LogP contribution >= 0.6 is 0 Å². The van der Waals surface area contributed by atoms with Gasteiger partial charge in [-0.1, -0.05) is 0 Å². The Balaban J connectivity index is 2.46. The first-order valence-electron chi connectivity index (χ1n) is 4.91. The summed E-state index contributed by atoms with van der Waals surface area (Å²) in [6.45, 7) is 0.0665. The number of nitrogens with one attached hydrogen (secondary N) is 1. The summed E-state index contributed by atoms with van der Waals surface area (Å²) in [7, 11) is -3.32. The summed E-state index contributed by atoms with van der Waals surface area (Å²) in [5.74, 6) is 0.0214. The van der Waals surface area contributed by atoms with E-state index in [-0.39, 0.29) is 11.5 Å². The van der Waals surface area contributed by atoms with Gasteiger partial charge in [-0.2, -0.15) is 0 Å². The number of sulfone groups is 1. The predicted octanol–water partition coefficient (Wildman–Crippen LogP) is -0.252. The van der Waals surface area contributed by atoms with Crippen LogP contribution in [0.25, 0.3) is 0 Å². The van der Waals surface area contributed by atoms with Gasteiger partial charge in [0, 0.05) is 6.26 Å². The van der Waals surface area contributed by atoms with Crippen LogP contribution < -0.4 is 15.8 Å². The van der Waals surface area contributed by atoms with Crippen LogP contribution in [0.1, 0.15) is 0 Å². The van der Waals surface area contributed by atoms with Crippen molar-refractivity contribution in [2.24, 2.45) is 5.73 Å². The van der Waals surface area contributed by atoms with Crippen molar-refractivity contribution in [1.82, 2.24) is 0 Å². The standard InChI is InChI=1S/C10H12N2O4S/c1-17(14,15)6-2-3-9-8(4-6)12-10(13)7(11)5-16-9/h2-4,7H,5,11H2,1H3,(H,12,13)/t7-/m0/s1. The molecule has 0 saturated heterocycles. The highest BCUT2D eigenvalue weighted by Gasteiger charge is 2.22. The van der Waals surface area contributed by atoms with Gasteiger partial charge in [0.1, 0.15) is 18.4 Å². The number of carbonyl (C=O) groups excluding carboxylic acids is 1. The molecule has 0 aromatic heterocycles. The second-order valence-electron chi connectivity index (χ2n) is 3.84. The van der Waals surface area contributed by atoms with E-state index in [0.717, 1.165) is 6.26 Å². The van der Waals surface area contributed by atoms with Gasteiger partial charge in [-0.25, -0.2) is 8.42 Å². The summed E-state index contributed by atoms with van der Waals surface area (Å²) >= 11 is 0. The van der Waals surface area contributed by atoms with Gasteiger partial charge < -0.3 is 15.8 Å². The van der Waals surface area contributed by atoms with Crippen LogP contribution in [0.3, 0.4) is 0 Å². The van der Waals surface area contributed by atoms with Gasteiger partial charge in [0.25, 0.3) is 0 Å². The van der Waals surface area contributed by atoms with Crippen molar-refractivity contribution in [1.29, 1.82) is 0 Å². The van der Waals surface area contributed by atoms with Gasteiger partial charge in [-0.05, 0) is 18.2 Å². The van der Waals surface area contributed by atoms with Crippen LogP contribution in [0.5, 0.6) is 5.75 Å². The van der Waals surface area contributed by atoms with Crippen molar-refractivity contribution < 1.29 is 17.9 Å². The summed E-state index contributed by atoms with van der Waals surface area (Å²) in [5, 5.41) is 2.53. The number of carbonyl (C=O) groups is 1. The maximum atomic E-state index is 11.5. The van der Waals surface area contributed by atoms with Gasteiger partial charge in [0.2, 0.25) is 5.91 Å². The van der Waals surface area contributed by atoms with Gasteiger partial charge in [-0.15, -0.1) is 0 Å². The summed E-state index contributed by atoms with van der Waals surface area (Å²) in [4.78, 5) is 11.6. The predicted molar refractivity (Wildman–Crippen MR) is 61.7 cm³/mol. The molecule has 2 rings (SSSR count). The van der Waals surface area contributed by atoms with Gasteiger partial charge in [-0.3, -0.25) is 4.79 Å². The summed E-state index contributed by atoms with van der Waals surface area (Å²) in [6, 6.07) is 3.53. The number of nitrogens with two attached hydrogens (primary N) is 1. The highest BCUT2D eigenvalue weighted by atomic mass is 32.2. The molecule has 0 bridgehead atoms. The van der Waals surface area contributed by atoms with E-state index in [1.54, 1.807) is 0 Å². The molecule has 92 valence electrons. The molecule has 7 heteroatoms. The quantitative estimate of drug-likeness (QED) is 0.721. The van der Waals surface area contributed by atoms with Gasteiger partial charge >= 0.3 is 0 Å². The van der Waals surface area contributed by atoms with Crippen LogP contribution in [-0.4, -0.2) is 33.2 Å². The maximum Gasteiger partial charge on any atom is 0.244 e. The zero-order chi connectivity index (χ0) is 12.6. The number of rotatable bonds is 1. The first-order valence-corrected chi connectivity index (χ1v) is 6.80. The van der Waals surface area contributed by atoms with E-state index in [0.29, 0.717) is 11.4 Å². The second kappa shape index (κ2) is 4.01. The third-order valence-corrected chi connectivity index (χ3v) is 3.50. The SMILES string of the molecule is CS(=O)(=O)c1ccc2c(c1)NC(=O)[C@@H](N)CO2. The molecule has 1 heterocycles. The summed E-state index contributed by atoms with van der Waals surface area (Å²) < 4.78 is 28.0. The topological polar surface area (TPSA) is 98.5 Å². The molecule has 0 radical (unpaired) electrons. The molecule has 1 aromatic carbocycles. The molecule has 3 N–H and O–H groups in total. The van der Waals surface area contributed by atoms with Crippen LogP contribution in [0.2, 0.25) is 0 Å². The maximum absolute atomic E-state index is 11.5. The fraction of sp³-hybridized carbons (Fsp3) is 0.300. The third kappa shape index (κ3) is 2.40. The lowest BCUT2D eigenvalue weighted by Gasteiger charge is -2.08. The lowest BCUT2D eigenvalue weighted by molar-refractivity contribution is -0.117. The minimum Gasteiger partial charge on any atom is -0.489 e. The molecule has 0 saturated carbocycles. The normalized spacial score (nSPS) is 19.9. The van der Waals surface area contributed by atoms with Crippen molar-refractivity contribution in [3.63, 3.8) is 0 Å². The largest absolute Gasteiger partial charge is 0.489 e. The number of anilines is 1. The van der Waals surface area contributed by atoms with E-state index in [4.69, 9.17) is 10.5 Å². The molecule has 1 aliphatic rings. The zero-order valence-corrected chi connectivity index (χ0v) is 9.95. The molecule has 1 aliphatic heterocycles. The van der Waals surface area contributed by atoms with Gasteiger partial charge in [0.15, 0.2) is 9.84 Å². The van der Waals surface area contributed by atoms with Crippen LogP contribution in [0.4, 0.5) is 5.69 Å². The van der Waals surface area contributed by atoms with Crippen LogP contribution in [0, 0.1) is 0 Å². The van der Waals surface area contributed by atoms with E-state index in [1.165, 1.54) is 18.2 Å². The van der Waals surface area contributed by atoms with E-state index in [1.807, 2.05) is 0 Å². The van der Waals surface area contributed by atoms with E-state index >= 15 is 0 Å². The average molecular weight is 256 g/mol. The lowest BCUT2D eigenvalue weighted by Crippen LogP contribution is -2.38. The Labute approximate surface area is 98.7 Å². The minimum absolute atomic E-state index is 0.0665. The highest BCUT2D eigenvalue weighted by Crippen LogP contribution is 2.29. The Morgan fingerprint density at radius 1 is 1.47 bits per heavy atom. The monoisotopic (exact) mass is 256 g/mol. The number of hydrogen-bond acceptors (Lipinski definition) is 5. The van der Waals surface area contributed by atoms with Crippen LogP contribution in [-0.2, 0) is 14.6 Å². The molecule has 1 atom stereocenters. The van der Waals surface area contributed by atoms with Gasteiger partial charge in [0.05, 0.1) is 10.6 Å². The molecular formula is C10H12N2O4S. The van der Waals surface area contributed by atoms with Crippen molar-refractivity contribution in [3.05, 3.63) is 18.2 Å². The number of ether oxygens (including phenoxy) is 1. The minimum atomic E-state index is -3.32. The van der Waals surface area contributed by atoms with E-state index in [2.05, 4.69) is 5.32 Å². The van der Waals surface area contributed by atoms with Crippen molar-refractivity contribution in [3.8, 4) is 5.75 Å². The molecule has 17 heavy (non-hydrogen) atoms. The second-order valence-corrected chi connectivity index (χ2v) is 5.85. The van der Waals surface area contributed by atoms with Crippen molar-refractivity contribution >= 4 is 21.4 Å². The smallest absolute Gasteiger partial charge is 0.244 e. The average Bonchev–Trinajstić information content (AvgIpc) is 2.37. The summed E-state index contributed by atoms with van der Waals surface area (Å²) in [5.41, 5.74) is 5.85. The molecule has 0 unspecified atom stereocenters. The Kier molecular flexibility index (Phi) is 2.80. The Morgan fingerprint density at radius 2 is 2.18 bits per heavy atom. The Bertz CT molecular complexity index is 568. The fourth-order valence-electron chi connectivity index (χ4n) is 1.44. The zero-order valence-electron chi connectivity index (χ0n) is 9.14. The molecule has 0 aliphatic carbocycles. The third-order valence-electron chi connectivity index (χ3n) is 2.39. The molecule has 0 fully saturated rings. The Hall–Kier alpha value is -1.60. The molecule has 1 amide bonds. The lowest BCUT2D eigenvalue weighted by atomic mass is 10.3. The number of fused-ring (bicyclic) bond motifs is 1. The number of amides is 1. The molecular weight excluding hydrogens is 244 g/mol. The molecule has 6 nitrogen and oxygen atoms in total. The fourth-order valence-corrected chi connectivity index (χ4v) is 2.09. The van der Waals surface area contributed by atoms with Crippen molar-refractivity contribution in [2.45, 2.75) is 10.9 Å². The summed E-state index contributed by atoms with van der Waals surface area (Å²) in [6.07, 6.45) is 1.10. The van der Waals surface area contributed by atoms with Crippen LogP contribution in [0.15, 0.2) is 23.1 Å². The Morgan fingerprint density at radius 3 is 2.82 bits per heavy atom. The first-order chi connectivity index (χ1) is 7.88.